The minimum Gasteiger partial charge on any atom is -0.495 e. The molecule has 6 heteroatoms. The minimum absolute atomic E-state index is 0.454. The summed E-state index contributed by atoms with van der Waals surface area (Å²) in [6.45, 7) is 0.567. The van der Waals surface area contributed by atoms with Gasteiger partial charge in [0.2, 0.25) is 0 Å². The Hall–Kier alpha value is -2.00. The largest absolute Gasteiger partial charge is 0.495 e. The molecule has 0 radical (unpaired) electrons. The van der Waals surface area contributed by atoms with Gasteiger partial charge in [0, 0.05) is 6.20 Å². The molecule has 0 atom stereocenters. The summed E-state index contributed by atoms with van der Waals surface area (Å²) in [5.41, 5.74) is 7.15. The van der Waals surface area contributed by atoms with Crippen LogP contribution < -0.4 is 10.5 Å². The summed E-state index contributed by atoms with van der Waals surface area (Å²) in [6, 6.07) is 7.50. The summed E-state index contributed by atoms with van der Waals surface area (Å²) in [4.78, 5) is 0. The fraction of sp³-hybridized carbons (Fsp3) is 0.167. The molecule has 0 aliphatic rings. The first-order valence-electron chi connectivity index (χ1n) is 5.19. The van der Waals surface area contributed by atoms with Gasteiger partial charge in [-0.2, -0.15) is 10.4 Å². The maximum absolute atomic E-state index is 8.90. The van der Waals surface area contributed by atoms with Crippen LogP contribution in [-0.2, 0) is 6.54 Å². The van der Waals surface area contributed by atoms with Crippen LogP contribution in [0, 0.1) is 11.3 Å². The first kappa shape index (κ1) is 12.5. The van der Waals surface area contributed by atoms with E-state index >= 15 is 0 Å². The van der Waals surface area contributed by atoms with Crippen molar-refractivity contribution in [2.75, 3.05) is 12.8 Å². The SMILES string of the molecule is COc1cc(Cn2cc(Br)c(N)n2)ccc1C#N. The van der Waals surface area contributed by atoms with Crippen molar-refractivity contribution in [1.82, 2.24) is 9.78 Å². The number of hydrogen-bond acceptors (Lipinski definition) is 4. The Morgan fingerprint density at radius 3 is 2.89 bits per heavy atom. The van der Waals surface area contributed by atoms with Crippen molar-refractivity contribution in [2.45, 2.75) is 6.54 Å². The van der Waals surface area contributed by atoms with Crippen LogP contribution >= 0.6 is 15.9 Å². The number of nitrogen functional groups attached to an aromatic ring is 1. The van der Waals surface area contributed by atoms with Crippen LogP contribution in [0.2, 0.25) is 0 Å². The quantitative estimate of drug-likeness (QED) is 0.942. The van der Waals surface area contributed by atoms with Gasteiger partial charge in [-0.1, -0.05) is 6.07 Å². The highest BCUT2D eigenvalue weighted by Gasteiger charge is 2.06. The van der Waals surface area contributed by atoms with E-state index in [1.807, 2.05) is 12.1 Å². The molecule has 2 rings (SSSR count). The van der Waals surface area contributed by atoms with E-state index in [9.17, 15) is 0 Å². The van der Waals surface area contributed by atoms with Gasteiger partial charge in [0.15, 0.2) is 5.82 Å². The molecule has 2 N–H and O–H groups in total. The number of methoxy groups -OCH3 is 1. The molecule has 1 aromatic heterocycles. The summed E-state index contributed by atoms with van der Waals surface area (Å²) in [5, 5.41) is 13.0. The van der Waals surface area contributed by atoms with Crippen LogP contribution in [0.15, 0.2) is 28.9 Å². The van der Waals surface area contributed by atoms with Crippen molar-refractivity contribution in [2.24, 2.45) is 0 Å². The lowest BCUT2D eigenvalue weighted by Gasteiger charge is -2.06. The van der Waals surface area contributed by atoms with Crippen molar-refractivity contribution in [3.63, 3.8) is 0 Å². The van der Waals surface area contributed by atoms with E-state index in [0.717, 1.165) is 10.0 Å². The molecule has 2 aromatic rings. The summed E-state index contributed by atoms with van der Waals surface area (Å²) in [6.07, 6.45) is 1.81. The van der Waals surface area contributed by atoms with Crippen molar-refractivity contribution in [3.8, 4) is 11.8 Å². The van der Waals surface area contributed by atoms with Crippen LogP contribution in [-0.4, -0.2) is 16.9 Å². The number of nitriles is 1. The van der Waals surface area contributed by atoms with Gasteiger partial charge in [0.1, 0.15) is 11.8 Å². The summed E-state index contributed by atoms with van der Waals surface area (Å²) in [7, 11) is 1.54. The van der Waals surface area contributed by atoms with Gasteiger partial charge in [-0.25, -0.2) is 0 Å². The van der Waals surface area contributed by atoms with Gasteiger partial charge in [0.05, 0.1) is 23.7 Å². The third kappa shape index (κ3) is 2.46. The molecule has 0 unspecified atom stereocenters. The van der Waals surface area contributed by atoms with E-state index < -0.39 is 0 Å². The normalized spacial score (nSPS) is 10.1. The lowest BCUT2D eigenvalue weighted by Crippen LogP contribution is -2.02. The third-order valence-electron chi connectivity index (χ3n) is 2.47. The molecular formula is C12H11BrN4O. The second-order valence-corrected chi connectivity index (χ2v) is 4.56. The molecular weight excluding hydrogens is 296 g/mol. The van der Waals surface area contributed by atoms with Gasteiger partial charge in [-0.15, -0.1) is 0 Å². The van der Waals surface area contributed by atoms with Gasteiger partial charge >= 0.3 is 0 Å². The number of nitrogens with zero attached hydrogens (tertiary/aromatic N) is 3. The van der Waals surface area contributed by atoms with Crippen LogP contribution in [0.1, 0.15) is 11.1 Å². The molecule has 92 valence electrons. The average Bonchev–Trinajstić information content (AvgIpc) is 2.68. The fourth-order valence-electron chi connectivity index (χ4n) is 1.61. The van der Waals surface area contributed by atoms with E-state index in [-0.39, 0.29) is 0 Å². The monoisotopic (exact) mass is 306 g/mol. The first-order valence-corrected chi connectivity index (χ1v) is 5.98. The van der Waals surface area contributed by atoms with Gasteiger partial charge in [-0.05, 0) is 33.6 Å². The minimum atomic E-state index is 0.454. The molecule has 0 bridgehead atoms. The highest BCUT2D eigenvalue weighted by atomic mass is 79.9. The molecule has 18 heavy (non-hydrogen) atoms. The predicted molar refractivity (Wildman–Crippen MR) is 71.2 cm³/mol. The zero-order chi connectivity index (χ0) is 13.1. The Morgan fingerprint density at radius 2 is 2.33 bits per heavy atom. The van der Waals surface area contributed by atoms with Crippen LogP contribution in [0.4, 0.5) is 5.82 Å². The first-order chi connectivity index (χ1) is 8.63. The van der Waals surface area contributed by atoms with E-state index in [1.54, 1.807) is 24.1 Å². The number of hydrogen-bond donors (Lipinski definition) is 1. The van der Waals surface area contributed by atoms with Gasteiger partial charge < -0.3 is 10.5 Å². The molecule has 0 saturated heterocycles. The molecule has 0 saturated carbocycles. The summed E-state index contributed by atoms with van der Waals surface area (Å²) >= 11 is 3.30. The molecule has 1 aromatic carbocycles. The van der Waals surface area contributed by atoms with E-state index in [0.29, 0.717) is 23.7 Å². The second kappa shape index (κ2) is 5.10. The Labute approximate surface area is 113 Å². The van der Waals surface area contributed by atoms with Crippen LogP contribution in [0.3, 0.4) is 0 Å². The van der Waals surface area contributed by atoms with E-state index in [4.69, 9.17) is 15.7 Å². The number of anilines is 1. The molecule has 5 nitrogen and oxygen atoms in total. The molecule has 0 fully saturated rings. The number of rotatable bonds is 3. The number of nitrogens with two attached hydrogens (primary N) is 1. The molecule has 0 amide bonds. The highest BCUT2D eigenvalue weighted by Crippen LogP contribution is 2.21. The summed E-state index contributed by atoms with van der Waals surface area (Å²) < 4.78 is 7.65. The number of aromatic nitrogens is 2. The smallest absolute Gasteiger partial charge is 0.159 e. The maximum atomic E-state index is 8.90. The average molecular weight is 307 g/mol. The Balaban J connectivity index is 2.27. The second-order valence-electron chi connectivity index (χ2n) is 3.71. The topological polar surface area (TPSA) is 76.9 Å². The lowest BCUT2D eigenvalue weighted by molar-refractivity contribution is 0.412. The van der Waals surface area contributed by atoms with E-state index in [2.05, 4.69) is 27.1 Å². The Kier molecular flexibility index (Phi) is 3.53. The van der Waals surface area contributed by atoms with Crippen molar-refractivity contribution in [3.05, 3.63) is 40.0 Å². The molecule has 1 heterocycles. The molecule has 0 spiro atoms. The van der Waals surface area contributed by atoms with Crippen molar-refractivity contribution < 1.29 is 4.74 Å². The highest BCUT2D eigenvalue weighted by molar-refractivity contribution is 9.10. The van der Waals surface area contributed by atoms with Crippen LogP contribution in [0.5, 0.6) is 5.75 Å². The fourth-order valence-corrected chi connectivity index (χ4v) is 1.92. The van der Waals surface area contributed by atoms with Gasteiger partial charge in [0.25, 0.3) is 0 Å². The number of benzene rings is 1. The van der Waals surface area contributed by atoms with E-state index in [1.165, 1.54) is 0 Å². The lowest BCUT2D eigenvalue weighted by atomic mass is 10.1. The standard InChI is InChI=1S/C12H11BrN4O/c1-18-11-4-8(2-3-9(11)5-14)6-17-7-10(13)12(15)16-17/h2-4,7H,6H2,1H3,(H2,15,16). The molecule has 0 aliphatic heterocycles. The maximum Gasteiger partial charge on any atom is 0.159 e. The zero-order valence-electron chi connectivity index (χ0n) is 9.72. The van der Waals surface area contributed by atoms with Crippen LogP contribution in [0.25, 0.3) is 0 Å². The number of halogens is 1. The Morgan fingerprint density at radius 1 is 1.56 bits per heavy atom. The zero-order valence-corrected chi connectivity index (χ0v) is 11.3. The van der Waals surface area contributed by atoms with Gasteiger partial charge in [-0.3, -0.25) is 4.68 Å². The predicted octanol–water partition coefficient (Wildman–Crippen LogP) is 2.16. The number of ether oxygens (including phenoxy) is 1. The third-order valence-corrected chi connectivity index (χ3v) is 3.09. The van der Waals surface area contributed by atoms with Crippen molar-refractivity contribution in [1.29, 1.82) is 5.26 Å². The molecule has 0 aliphatic carbocycles. The summed E-state index contributed by atoms with van der Waals surface area (Å²) in [5.74, 6) is 1.02. The Bertz CT molecular complexity index is 596. The van der Waals surface area contributed by atoms with Crippen molar-refractivity contribution >= 4 is 21.7 Å².